The van der Waals surface area contributed by atoms with Gasteiger partial charge in [-0.05, 0) is 24.6 Å². The van der Waals surface area contributed by atoms with E-state index < -0.39 is 5.67 Å². The number of phenolic OH excluding ortho intramolecular Hbond substituents is 1. The van der Waals surface area contributed by atoms with Crippen molar-refractivity contribution >= 4 is 0 Å². The van der Waals surface area contributed by atoms with Gasteiger partial charge in [0.15, 0.2) is 0 Å². The molecule has 0 amide bonds. The average molecular weight is 195 g/mol. The molecular weight excluding hydrogens is 181 g/mol. The van der Waals surface area contributed by atoms with Gasteiger partial charge in [-0.2, -0.15) is 0 Å². The van der Waals surface area contributed by atoms with E-state index in [1.807, 2.05) is 0 Å². The maximum atomic E-state index is 14.3. The van der Waals surface area contributed by atoms with Crippen LogP contribution in [0.1, 0.15) is 12.5 Å². The smallest absolute Gasteiger partial charge is 0.138 e. The Labute approximate surface area is 82.8 Å². The third kappa shape index (κ3) is 1.48. The molecule has 3 heteroatoms. The van der Waals surface area contributed by atoms with Gasteiger partial charge in [0, 0.05) is 19.0 Å². The second kappa shape index (κ2) is 3.24. The lowest BCUT2D eigenvalue weighted by molar-refractivity contribution is 0.0629. The third-order valence-electron chi connectivity index (χ3n) is 2.96. The number of halogens is 1. The Balaban J connectivity index is 2.28. The Bertz CT molecular complexity index is 334. The van der Waals surface area contributed by atoms with Crippen molar-refractivity contribution in [1.29, 1.82) is 0 Å². The molecular formula is C11H14FNO. The summed E-state index contributed by atoms with van der Waals surface area (Å²) in [5, 5.41) is 12.3. The quantitative estimate of drug-likeness (QED) is 0.754. The van der Waals surface area contributed by atoms with Crippen molar-refractivity contribution in [3.8, 4) is 5.75 Å². The first-order chi connectivity index (χ1) is 6.60. The van der Waals surface area contributed by atoms with Crippen LogP contribution in [0.2, 0.25) is 0 Å². The Morgan fingerprint density at radius 1 is 1.50 bits per heavy atom. The molecule has 2 rings (SSSR count). The molecule has 0 radical (unpaired) electrons. The topological polar surface area (TPSA) is 32.3 Å². The van der Waals surface area contributed by atoms with Crippen LogP contribution >= 0.6 is 0 Å². The largest absolute Gasteiger partial charge is 0.508 e. The highest BCUT2D eigenvalue weighted by Gasteiger charge is 2.39. The summed E-state index contributed by atoms with van der Waals surface area (Å²) in [6, 6.07) is 6.45. The van der Waals surface area contributed by atoms with Gasteiger partial charge in [0.25, 0.3) is 0 Å². The number of rotatable bonds is 2. The van der Waals surface area contributed by atoms with Crippen LogP contribution in [-0.4, -0.2) is 18.2 Å². The second-order valence-corrected chi connectivity index (χ2v) is 3.98. The van der Waals surface area contributed by atoms with Crippen LogP contribution in [0.15, 0.2) is 24.3 Å². The second-order valence-electron chi connectivity index (χ2n) is 3.98. The summed E-state index contributed by atoms with van der Waals surface area (Å²) >= 11 is 0. The molecule has 0 aliphatic carbocycles. The Morgan fingerprint density at radius 2 is 2.21 bits per heavy atom. The number of nitrogens with one attached hydrogen (secondary N) is 1. The molecule has 1 unspecified atom stereocenters. The SMILES string of the molecule is CC(F)(c1cccc(O)c1)C1CNC1. The molecule has 1 aliphatic rings. The van der Waals surface area contributed by atoms with Crippen LogP contribution in [-0.2, 0) is 5.67 Å². The lowest BCUT2D eigenvalue weighted by Gasteiger charge is -2.37. The van der Waals surface area contributed by atoms with E-state index in [9.17, 15) is 9.50 Å². The van der Waals surface area contributed by atoms with Crippen molar-refractivity contribution < 1.29 is 9.50 Å². The molecule has 2 N–H and O–H groups in total. The number of hydrogen-bond acceptors (Lipinski definition) is 2. The van der Waals surface area contributed by atoms with Gasteiger partial charge in [0.2, 0.25) is 0 Å². The normalized spacial score (nSPS) is 21.3. The summed E-state index contributed by atoms with van der Waals surface area (Å²) in [6.07, 6.45) is 0. The molecule has 1 aliphatic heterocycles. The van der Waals surface area contributed by atoms with Crippen molar-refractivity contribution in [3.05, 3.63) is 29.8 Å². The van der Waals surface area contributed by atoms with Crippen molar-refractivity contribution in [3.63, 3.8) is 0 Å². The van der Waals surface area contributed by atoms with Gasteiger partial charge in [0.05, 0.1) is 0 Å². The van der Waals surface area contributed by atoms with E-state index in [-0.39, 0.29) is 11.7 Å². The first-order valence-electron chi connectivity index (χ1n) is 4.80. The van der Waals surface area contributed by atoms with Gasteiger partial charge in [-0.25, -0.2) is 4.39 Å². The molecule has 0 aromatic heterocycles. The highest BCUT2D eigenvalue weighted by molar-refractivity contribution is 5.32. The zero-order valence-corrected chi connectivity index (χ0v) is 8.13. The summed E-state index contributed by atoms with van der Waals surface area (Å²) < 4.78 is 14.3. The Kier molecular flexibility index (Phi) is 2.19. The zero-order chi connectivity index (χ0) is 10.2. The number of alkyl halides is 1. The van der Waals surface area contributed by atoms with Crippen LogP contribution in [0.4, 0.5) is 4.39 Å². The molecule has 0 spiro atoms. The fraction of sp³-hybridized carbons (Fsp3) is 0.455. The lowest BCUT2D eigenvalue weighted by atomic mass is 9.81. The van der Waals surface area contributed by atoms with Gasteiger partial charge in [-0.15, -0.1) is 0 Å². The fourth-order valence-corrected chi connectivity index (χ4v) is 1.72. The molecule has 2 nitrogen and oxygen atoms in total. The van der Waals surface area contributed by atoms with Gasteiger partial charge >= 0.3 is 0 Å². The first kappa shape index (κ1) is 9.46. The molecule has 1 fully saturated rings. The highest BCUT2D eigenvalue weighted by Crippen LogP contribution is 2.36. The number of aromatic hydroxyl groups is 1. The molecule has 1 heterocycles. The van der Waals surface area contributed by atoms with Crippen molar-refractivity contribution in [2.75, 3.05) is 13.1 Å². The van der Waals surface area contributed by atoms with E-state index in [4.69, 9.17) is 0 Å². The van der Waals surface area contributed by atoms with Crippen LogP contribution in [0, 0.1) is 5.92 Å². The maximum absolute atomic E-state index is 14.3. The van der Waals surface area contributed by atoms with Crippen molar-refractivity contribution in [1.82, 2.24) is 5.32 Å². The molecule has 1 atom stereocenters. The summed E-state index contributed by atoms with van der Waals surface area (Å²) in [6.45, 7) is 3.00. The first-order valence-corrected chi connectivity index (χ1v) is 4.80. The maximum Gasteiger partial charge on any atom is 0.138 e. The molecule has 0 saturated carbocycles. The summed E-state index contributed by atoms with van der Waals surface area (Å²) in [5.74, 6) is 0.142. The van der Waals surface area contributed by atoms with Crippen LogP contribution in [0.5, 0.6) is 5.75 Å². The summed E-state index contributed by atoms with van der Waals surface area (Å²) in [5.41, 5.74) is -0.784. The predicted molar refractivity (Wildman–Crippen MR) is 52.9 cm³/mol. The molecule has 0 bridgehead atoms. The summed E-state index contributed by atoms with van der Waals surface area (Å²) in [4.78, 5) is 0. The number of benzene rings is 1. The average Bonchev–Trinajstić information content (AvgIpc) is 2.00. The number of phenols is 1. The predicted octanol–water partition coefficient (Wildman–Crippen LogP) is 1.80. The molecule has 14 heavy (non-hydrogen) atoms. The van der Waals surface area contributed by atoms with Gasteiger partial charge in [-0.3, -0.25) is 0 Å². The highest BCUT2D eigenvalue weighted by atomic mass is 19.1. The summed E-state index contributed by atoms with van der Waals surface area (Å²) in [7, 11) is 0. The Hall–Kier alpha value is -1.09. The van der Waals surface area contributed by atoms with E-state index in [2.05, 4.69) is 5.32 Å². The molecule has 76 valence electrons. The van der Waals surface area contributed by atoms with Gasteiger partial charge in [-0.1, -0.05) is 12.1 Å². The van der Waals surface area contributed by atoms with E-state index in [0.29, 0.717) is 18.7 Å². The Morgan fingerprint density at radius 3 is 2.71 bits per heavy atom. The lowest BCUT2D eigenvalue weighted by Crippen LogP contribution is -2.51. The molecule has 1 saturated heterocycles. The third-order valence-corrected chi connectivity index (χ3v) is 2.96. The minimum atomic E-state index is -1.34. The van der Waals surface area contributed by atoms with E-state index >= 15 is 0 Å². The van der Waals surface area contributed by atoms with Crippen molar-refractivity contribution in [2.45, 2.75) is 12.6 Å². The monoisotopic (exact) mass is 195 g/mol. The van der Waals surface area contributed by atoms with Crippen molar-refractivity contribution in [2.24, 2.45) is 5.92 Å². The standard InChI is InChI=1S/C11H14FNO/c1-11(12,9-6-13-7-9)8-3-2-4-10(14)5-8/h2-5,9,13-14H,6-7H2,1H3. The van der Waals surface area contributed by atoms with Crippen LogP contribution in [0.25, 0.3) is 0 Å². The molecule has 1 aromatic rings. The minimum Gasteiger partial charge on any atom is -0.508 e. The van der Waals surface area contributed by atoms with Gasteiger partial charge in [0.1, 0.15) is 11.4 Å². The number of hydrogen-bond donors (Lipinski definition) is 2. The van der Waals surface area contributed by atoms with Crippen LogP contribution < -0.4 is 5.32 Å². The van der Waals surface area contributed by atoms with Crippen LogP contribution in [0.3, 0.4) is 0 Å². The van der Waals surface area contributed by atoms with E-state index in [1.165, 1.54) is 6.07 Å². The fourth-order valence-electron chi connectivity index (χ4n) is 1.72. The van der Waals surface area contributed by atoms with Gasteiger partial charge < -0.3 is 10.4 Å². The van der Waals surface area contributed by atoms with E-state index in [0.717, 1.165) is 0 Å². The minimum absolute atomic E-state index is 0.0179. The van der Waals surface area contributed by atoms with E-state index in [1.54, 1.807) is 25.1 Å². The zero-order valence-electron chi connectivity index (χ0n) is 8.13. The molecule has 1 aromatic carbocycles.